The van der Waals surface area contributed by atoms with Gasteiger partial charge in [0.15, 0.2) is 12.5 Å². The molecule has 5 nitrogen and oxygen atoms in total. The topological polar surface area (TPSA) is 78.8 Å². The summed E-state index contributed by atoms with van der Waals surface area (Å²) in [5.41, 5.74) is 0. The van der Waals surface area contributed by atoms with Gasteiger partial charge in [0.1, 0.15) is 0 Å². The number of carbonyl (C=O) groups excluding carboxylic acids is 1. The molecule has 0 amide bonds. The lowest BCUT2D eigenvalue weighted by Crippen LogP contribution is -2.28. The standard InChI is InChI=1S/C3H8NO4PS/c1-4-3(2-5)8-9(6,7)10/h2-4H,1H3,(H2,6,7,10). The molecule has 1 unspecified atom stereocenters. The molecule has 0 radical (unpaired) electrons. The smallest absolute Gasteiger partial charge is 0.323 e. The number of hydrogen-bond donors (Lipinski definition) is 3. The highest BCUT2D eigenvalue weighted by Gasteiger charge is 2.14. The summed E-state index contributed by atoms with van der Waals surface area (Å²) in [6, 6.07) is 0. The van der Waals surface area contributed by atoms with Gasteiger partial charge >= 0.3 is 6.72 Å². The second-order valence-electron chi connectivity index (χ2n) is 1.44. The summed E-state index contributed by atoms with van der Waals surface area (Å²) in [7, 11) is 1.43. The van der Waals surface area contributed by atoms with Gasteiger partial charge in [0, 0.05) is 0 Å². The Balaban J connectivity index is 3.86. The number of carbonyl (C=O) groups is 1. The molecule has 0 spiro atoms. The van der Waals surface area contributed by atoms with Crippen LogP contribution in [-0.4, -0.2) is 29.3 Å². The molecular weight excluding hydrogens is 177 g/mol. The molecule has 0 rings (SSSR count). The van der Waals surface area contributed by atoms with Gasteiger partial charge < -0.3 is 9.79 Å². The van der Waals surface area contributed by atoms with Crippen molar-refractivity contribution in [2.45, 2.75) is 6.23 Å². The van der Waals surface area contributed by atoms with Crippen LogP contribution in [0.25, 0.3) is 0 Å². The Morgan fingerprint density at radius 2 is 2.30 bits per heavy atom. The molecule has 1 atom stereocenters. The molecule has 10 heavy (non-hydrogen) atoms. The van der Waals surface area contributed by atoms with E-state index < -0.39 is 12.9 Å². The third-order valence-electron chi connectivity index (χ3n) is 0.659. The van der Waals surface area contributed by atoms with Gasteiger partial charge in [-0.05, 0) is 18.9 Å². The molecular formula is C3H8NO4PS. The lowest BCUT2D eigenvalue weighted by Gasteiger charge is -2.12. The average Bonchev–Trinajstić information content (AvgIpc) is 1.81. The van der Waals surface area contributed by atoms with Crippen molar-refractivity contribution in [1.29, 1.82) is 0 Å². The van der Waals surface area contributed by atoms with E-state index in [1.54, 1.807) is 0 Å². The molecule has 0 aliphatic rings. The highest BCUT2D eigenvalue weighted by atomic mass is 32.5. The van der Waals surface area contributed by atoms with Crippen LogP contribution in [-0.2, 0) is 21.1 Å². The predicted octanol–water partition coefficient (Wildman–Crippen LogP) is -1.04. The van der Waals surface area contributed by atoms with Crippen LogP contribution < -0.4 is 5.32 Å². The largest absolute Gasteiger partial charge is 0.324 e. The van der Waals surface area contributed by atoms with Gasteiger partial charge in [-0.25, -0.2) is 0 Å². The van der Waals surface area contributed by atoms with Crippen molar-refractivity contribution < 1.29 is 19.1 Å². The average molecular weight is 185 g/mol. The Kier molecular flexibility index (Phi) is 4.19. The molecule has 0 bridgehead atoms. The van der Waals surface area contributed by atoms with Gasteiger partial charge in [0.05, 0.1) is 0 Å². The number of nitrogens with one attached hydrogen (secondary N) is 1. The molecule has 0 aliphatic heterocycles. The van der Waals surface area contributed by atoms with Crippen LogP contribution in [0.15, 0.2) is 0 Å². The molecule has 7 heteroatoms. The molecule has 0 fully saturated rings. The van der Waals surface area contributed by atoms with E-state index in [1.165, 1.54) is 7.05 Å². The minimum atomic E-state index is -3.72. The fourth-order valence-corrected chi connectivity index (χ4v) is 1.02. The summed E-state index contributed by atoms with van der Waals surface area (Å²) in [6.45, 7) is -3.72. The first kappa shape index (κ1) is 10.2. The van der Waals surface area contributed by atoms with Crippen molar-refractivity contribution in [3.63, 3.8) is 0 Å². The first-order valence-corrected chi connectivity index (χ1v) is 4.98. The number of rotatable bonds is 4. The van der Waals surface area contributed by atoms with Crippen molar-refractivity contribution in [2.75, 3.05) is 7.05 Å². The van der Waals surface area contributed by atoms with Gasteiger partial charge in [-0.2, -0.15) is 0 Å². The van der Waals surface area contributed by atoms with E-state index in [0.29, 0.717) is 6.29 Å². The zero-order valence-electron chi connectivity index (χ0n) is 5.22. The molecule has 0 aliphatic carbocycles. The molecule has 60 valence electrons. The molecule has 0 aromatic rings. The summed E-state index contributed by atoms with van der Waals surface area (Å²) < 4.78 is 4.29. The van der Waals surface area contributed by atoms with Crippen LogP contribution in [0.2, 0.25) is 0 Å². The quantitative estimate of drug-likeness (QED) is 0.295. The van der Waals surface area contributed by atoms with Crippen LogP contribution in [0, 0.1) is 0 Å². The first-order chi connectivity index (χ1) is 4.49. The second kappa shape index (κ2) is 4.12. The summed E-state index contributed by atoms with van der Waals surface area (Å²) in [4.78, 5) is 27.0. The van der Waals surface area contributed by atoms with E-state index in [4.69, 9.17) is 9.79 Å². The van der Waals surface area contributed by atoms with Crippen LogP contribution in [0.4, 0.5) is 0 Å². The van der Waals surface area contributed by atoms with Gasteiger partial charge in [0.2, 0.25) is 0 Å². The lowest BCUT2D eigenvalue weighted by atomic mass is 10.7. The van der Waals surface area contributed by atoms with Gasteiger partial charge in [0.25, 0.3) is 0 Å². The van der Waals surface area contributed by atoms with Crippen LogP contribution >= 0.6 is 6.72 Å². The lowest BCUT2D eigenvalue weighted by molar-refractivity contribution is -0.115. The fraction of sp³-hybridized carbons (Fsp3) is 0.667. The van der Waals surface area contributed by atoms with E-state index >= 15 is 0 Å². The van der Waals surface area contributed by atoms with E-state index in [2.05, 4.69) is 21.6 Å². The van der Waals surface area contributed by atoms with Crippen molar-refractivity contribution in [3.8, 4) is 0 Å². The van der Waals surface area contributed by atoms with Crippen molar-refractivity contribution >= 4 is 24.8 Å². The Labute approximate surface area is 63.3 Å². The highest BCUT2D eigenvalue weighted by molar-refractivity contribution is 8.06. The number of hydrogen-bond acceptors (Lipinski definition) is 4. The van der Waals surface area contributed by atoms with Crippen molar-refractivity contribution in [3.05, 3.63) is 0 Å². The second-order valence-corrected chi connectivity index (χ2v) is 4.06. The van der Waals surface area contributed by atoms with E-state index in [1.807, 2.05) is 0 Å². The maximum absolute atomic E-state index is 9.98. The maximum Gasteiger partial charge on any atom is 0.323 e. The number of likely N-dealkylation sites (N-methyl/N-ethyl adjacent to an activating group) is 1. The first-order valence-electron chi connectivity index (χ1n) is 2.36. The zero-order chi connectivity index (χ0) is 8.20. The Morgan fingerprint density at radius 1 is 1.80 bits per heavy atom. The fourth-order valence-electron chi connectivity index (χ4n) is 0.294. The summed E-state index contributed by atoms with van der Waals surface area (Å²) in [5.74, 6) is 0. The highest BCUT2D eigenvalue weighted by Crippen LogP contribution is 2.36. The summed E-state index contributed by atoms with van der Waals surface area (Å²) >= 11 is 4.09. The molecule has 0 heterocycles. The minimum absolute atomic E-state index is 0.382. The Morgan fingerprint density at radius 3 is 2.40 bits per heavy atom. The minimum Gasteiger partial charge on any atom is -0.324 e. The molecule has 0 aromatic heterocycles. The third-order valence-corrected chi connectivity index (χ3v) is 1.42. The molecule has 3 N–H and O–H groups in total. The van der Waals surface area contributed by atoms with Crippen molar-refractivity contribution in [2.24, 2.45) is 0 Å². The van der Waals surface area contributed by atoms with Gasteiger partial charge in [-0.3, -0.25) is 14.6 Å². The van der Waals surface area contributed by atoms with Crippen LogP contribution in [0.3, 0.4) is 0 Å². The van der Waals surface area contributed by atoms with Crippen molar-refractivity contribution in [1.82, 2.24) is 5.32 Å². The summed E-state index contributed by atoms with van der Waals surface area (Å²) in [6.07, 6.45) is -0.658. The summed E-state index contributed by atoms with van der Waals surface area (Å²) in [5, 5.41) is 2.36. The molecule has 0 aromatic carbocycles. The molecule has 0 saturated carbocycles. The predicted molar refractivity (Wildman–Crippen MR) is 38.7 cm³/mol. The number of aldehydes is 1. The normalized spacial score (nSPS) is 14.7. The third kappa shape index (κ3) is 4.99. The van der Waals surface area contributed by atoms with E-state index in [-0.39, 0.29) is 0 Å². The van der Waals surface area contributed by atoms with E-state index in [9.17, 15) is 4.79 Å². The monoisotopic (exact) mass is 185 g/mol. The van der Waals surface area contributed by atoms with Gasteiger partial charge in [-0.1, -0.05) is 0 Å². The van der Waals surface area contributed by atoms with Gasteiger partial charge in [-0.15, -0.1) is 0 Å². The molecule has 0 saturated heterocycles. The Bertz CT molecular complexity index is 157. The maximum atomic E-state index is 9.98. The van der Waals surface area contributed by atoms with Crippen LogP contribution in [0.5, 0.6) is 0 Å². The zero-order valence-corrected chi connectivity index (χ0v) is 6.93. The Hall–Kier alpha value is 0.160. The van der Waals surface area contributed by atoms with Crippen LogP contribution in [0.1, 0.15) is 0 Å². The SMILES string of the molecule is CNC(C=O)OP(O)(O)=S. The van der Waals surface area contributed by atoms with E-state index in [0.717, 1.165) is 0 Å².